The zero-order valence-electron chi connectivity index (χ0n) is 16.1. The van der Waals surface area contributed by atoms with Gasteiger partial charge in [0.05, 0.1) is 22.0 Å². The summed E-state index contributed by atoms with van der Waals surface area (Å²) in [4.78, 5) is 27.9. The summed E-state index contributed by atoms with van der Waals surface area (Å²) in [6.07, 6.45) is 0. The second-order valence-electron chi connectivity index (χ2n) is 6.63. The molecule has 0 aliphatic rings. The molecule has 0 saturated heterocycles. The second-order valence-corrected chi connectivity index (χ2v) is 8.64. The molecule has 0 aliphatic heterocycles. The van der Waals surface area contributed by atoms with Gasteiger partial charge in [0.15, 0.2) is 0 Å². The lowest BCUT2D eigenvalue weighted by molar-refractivity contribution is -0.128. The molecule has 3 aromatic heterocycles. The van der Waals surface area contributed by atoms with Gasteiger partial charge in [-0.05, 0) is 39.0 Å². The van der Waals surface area contributed by atoms with Gasteiger partial charge in [-0.2, -0.15) is 4.98 Å². The van der Waals surface area contributed by atoms with E-state index in [0.717, 1.165) is 26.6 Å². The first-order valence-electron chi connectivity index (χ1n) is 8.87. The highest BCUT2D eigenvalue weighted by Crippen LogP contribution is 2.29. The van der Waals surface area contributed by atoms with Crippen LogP contribution in [0.5, 0.6) is 0 Å². The van der Waals surface area contributed by atoms with Crippen LogP contribution in [0.25, 0.3) is 16.0 Å². The summed E-state index contributed by atoms with van der Waals surface area (Å²) in [5.74, 6) is 0.834. The minimum absolute atomic E-state index is 0.0106. The number of carbonyl (C=O) groups excluding carboxylic acids is 1. The Morgan fingerprint density at radius 1 is 1.25 bits per heavy atom. The van der Waals surface area contributed by atoms with E-state index >= 15 is 0 Å². The van der Waals surface area contributed by atoms with E-state index in [0.29, 0.717) is 10.9 Å². The zero-order chi connectivity index (χ0) is 19.8. The van der Waals surface area contributed by atoms with Gasteiger partial charge in [0.1, 0.15) is 5.01 Å². The molecule has 0 fully saturated rings. The zero-order valence-corrected chi connectivity index (χ0v) is 17.7. The molecule has 1 aromatic carbocycles. The van der Waals surface area contributed by atoms with Crippen molar-refractivity contribution in [3.8, 4) is 0 Å². The van der Waals surface area contributed by atoms with Crippen molar-refractivity contribution in [1.82, 2.24) is 29.5 Å². The number of benzene rings is 1. The highest BCUT2D eigenvalue weighted by Gasteiger charge is 2.21. The number of rotatable bonds is 5. The molecule has 3 heterocycles. The lowest BCUT2D eigenvalue weighted by Gasteiger charge is -2.22. The van der Waals surface area contributed by atoms with Crippen molar-refractivity contribution < 1.29 is 4.79 Å². The Labute approximate surface area is 170 Å². The van der Waals surface area contributed by atoms with Crippen LogP contribution in [0.3, 0.4) is 0 Å². The Hall–Kier alpha value is -2.52. The molecule has 0 radical (unpaired) electrons. The minimum Gasteiger partial charge on any atom is -0.336 e. The monoisotopic (exact) mass is 412 g/mol. The summed E-state index contributed by atoms with van der Waals surface area (Å²) < 4.78 is 2.83. The summed E-state index contributed by atoms with van der Waals surface area (Å²) in [5, 5.41) is 5.93. The minimum atomic E-state index is -0.0916. The molecule has 0 aliphatic carbocycles. The highest BCUT2D eigenvalue weighted by atomic mass is 32.2. The van der Waals surface area contributed by atoms with Crippen LogP contribution in [0.15, 0.2) is 35.5 Å². The molecule has 4 aromatic rings. The van der Waals surface area contributed by atoms with Gasteiger partial charge in [0, 0.05) is 18.4 Å². The van der Waals surface area contributed by atoms with Gasteiger partial charge in [-0.25, -0.2) is 14.5 Å². The molecule has 1 amide bonds. The lowest BCUT2D eigenvalue weighted by atomic mass is 10.3. The van der Waals surface area contributed by atoms with Crippen LogP contribution in [-0.2, 0) is 4.79 Å². The predicted octanol–water partition coefficient (Wildman–Crippen LogP) is 3.66. The van der Waals surface area contributed by atoms with Crippen molar-refractivity contribution in [1.29, 1.82) is 0 Å². The van der Waals surface area contributed by atoms with E-state index in [4.69, 9.17) is 0 Å². The van der Waals surface area contributed by atoms with E-state index in [2.05, 4.69) is 20.1 Å². The molecular weight excluding hydrogens is 392 g/mol. The fourth-order valence-electron chi connectivity index (χ4n) is 2.89. The molecule has 4 rings (SSSR count). The number of aryl methyl sites for hydroxylation is 2. The Kier molecular flexibility index (Phi) is 5.03. The van der Waals surface area contributed by atoms with Gasteiger partial charge < -0.3 is 4.90 Å². The maximum Gasteiger partial charge on any atom is 0.253 e. The first-order valence-corrected chi connectivity index (χ1v) is 10.7. The van der Waals surface area contributed by atoms with E-state index in [9.17, 15) is 4.79 Å². The molecule has 28 heavy (non-hydrogen) atoms. The predicted molar refractivity (Wildman–Crippen MR) is 112 cm³/mol. The van der Waals surface area contributed by atoms with E-state index in [1.165, 1.54) is 11.8 Å². The van der Waals surface area contributed by atoms with Crippen molar-refractivity contribution in [2.45, 2.75) is 32.0 Å². The van der Waals surface area contributed by atoms with E-state index in [1.54, 1.807) is 20.8 Å². The SMILES string of the molecule is Cc1cc(C)n2nc(SCC(=O)N(C)C(C)c3nc4ccccc4s3)nc2n1. The molecule has 144 valence electrons. The Morgan fingerprint density at radius 3 is 2.82 bits per heavy atom. The van der Waals surface area contributed by atoms with Crippen LogP contribution in [-0.4, -0.2) is 48.2 Å². The second kappa shape index (κ2) is 7.48. The van der Waals surface area contributed by atoms with Gasteiger partial charge in [-0.15, -0.1) is 16.4 Å². The Bertz CT molecular complexity index is 1130. The van der Waals surface area contributed by atoms with Gasteiger partial charge in [-0.1, -0.05) is 23.9 Å². The van der Waals surface area contributed by atoms with E-state index in [1.807, 2.05) is 58.2 Å². The molecular formula is C19H20N6OS2. The van der Waals surface area contributed by atoms with Gasteiger partial charge in [-0.3, -0.25) is 4.79 Å². The van der Waals surface area contributed by atoms with Gasteiger partial charge in [0.25, 0.3) is 5.78 Å². The number of hydrogen-bond donors (Lipinski definition) is 0. The molecule has 0 bridgehead atoms. The van der Waals surface area contributed by atoms with Crippen LogP contribution in [0.2, 0.25) is 0 Å². The fraction of sp³-hybridized carbons (Fsp3) is 0.316. The average Bonchev–Trinajstić information content (AvgIpc) is 3.28. The number of amides is 1. The molecule has 0 N–H and O–H groups in total. The molecule has 0 spiro atoms. The van der Waals surface area contributed by atoms with Crippen molar-refractivity contribution in [3.63, 3.8) is 0 Å². The smallest absolute Gasteiger partial charge is 0.253 e. The van der Waals surface area contributed by atoms with E-state index in [-0.39, 0.29) is 17.7 Å². The van der Waals surface area contributed by atoms with Crippen molar-refractivity contribution in [2.75, 3.05) is 12.8 Å². The van der Waals surface area contributed by atoms with Crippen molar-refractivity contribution in [2.24, 2.45) is 0 Å². The third-order valence-corrected chi connectivity index (χ3v) is 6.59. The Morgan fingerprint density at radius 2 is 2.04 bits per heavy atom. The van der Waals surface area contributed by atoms with Crippen LogP contribution >= 0.6 is 23.1 Å². The maximum atomic E-state index is 12.7. The largest absolute Gasteiger partial charge is 0.336 e. The number of carbonyl (C=O) groups is 1. The van der Waals surface area contributed by atoms with Crippen LogP contribution in [0, 0.1) is 13.8 Å². The summed E-state index contributed by atoms with van der Waals surface area (Å²) in [6, 6.07) is 9.88. The first kappa shape index (κ1) is 18.8. The summed E-state index contributed by atoms with van der Waals surface area (Å²) >= 11 is 2.95. The first-order chi connectivity index (χ1) is 13.4. The number of nitrogens with zero attached hydrogens (tertiary/aromatic N) is 6. The normalized spacial score (nSPS) is 12.6. The maximum absolute atomic E-state index is 12.7. The number of hydrogen-bond acceptors (Lipinski definition) is 7. The molecule has 1 atom stereocenters. The molecule has 7 nitrogen and oxygen atoms in total. The summed E-state index contributed by atoms with van der Waals surface area (Å²) in [6.45, 7) is 5.89. The highest BCUT2D eigenvalue weighted by molar-refractivity contribution is 7.99. The van der Waals surface area contributed by atoms with E-state index < -0.39 is 0 Å². The number of thiazole rings is 1. The number of fused-ring (bicyclic) bond motifs is 2. The number of thioether (sulfide) groups is 1. The van der Waals surface area contributed by atoms with Gasteiger partial charge in [0.2, 0.25) is 11.1 Å². The molecule has 1 unspecified atom stereocenters. The number of para-hydroxylation sites is 1. The Balaban J connectivity index is 1.45. The summed E-state index contributed by atoms with van der Waals surface area (Å²) in [5.41, 5.74) is 2.83. The standard InChI is InChI=1S/C19H20N6OS2/c1-11-9-12(2)25-18(20-11)22-19(23-25)27-10-16(26)24(4)13(3)17-21-14-7-5-6-8-15(14)28-17/h5-9,13H,10H2,1-4H3. The molecule has 9 heteroatoms. The third-order valence-electron chi connectivity index (χ3n) is 4.57. The van der Waals surface area contributed by atoms with Crippen molar-refractivity contribution in [3.05, 3.63) is 46.7 Å². The van der Waals surface area contributed by atoms with Crippen LogP contribution < -0.4 is 0 Å². The summed E-state index contributed by atoms with van der Waals surface area (Å²) in [7, 11) is 1.81. The van der Waals surface area contributed by atoms with Crippen LogP contribution in [0.1, 0.15) is 29.4 Å². The molecule has 0 saturated carbocycles. The quantitative estimate of drug-likeness (QED) is 0.466. The topological polar surface area (TPSA) is 76.3 Å². The van der Waals surface area contributed by atoms with Gasteiger partial charge >= 0.3 is 0 Å². The lowest BCUT2D eigenvalue weighted by Crippen LogP contribution is -2.31. The third kappa shape index (κ3) is 3.59. The fourth-order valence-corrected chi connectivity index (χ4v) is 4.69. The average molecular weight is 413 g/mol. The van der Waals surface area contributed by atoms with Crippen LogP contribution in [0.4, 0.5) is 0 Å². The van der Waals surface area contributed by atoms with Crippen molar-refractivity contribution >= 4 is 45.0 Å². The number of aromatic nitrogens is 5.